The summed E-state index contributed by atoms with van der Waals surface area (Å²) in [4.78, 5) is 0. The van der Waals surface area contributed by atoms with Crippen LogP contribution in [0.2, 0.25) is 0 Å². The molecule has 0 aromatic carbocycles. The van der Waals surface area contributed by atoms with Crippen molar-refractivity contribution in [2.75, 3.05) is 7.11 Å². The molecule has 0 fully saturated rings. The predicted molar refractivity (Wildman–Crippen MR) is 17.1 cm³/mol. The van der Waals surface area contributed by atoms with E-state index < -0.39 is 0 Å². The van der Waals surface area contributed by atoms with E-state index in [0.29, 0.717) is 0 Å². The number of aliphatic hydroxyl groups excluding tert-OH is 1. The van der Waals surface area contributed by atoms with Crippen molar-refractivity contribution in [2.24, 2.45) is 0 Å². The Bertz CT molecular complexity index is 6.00. The molecule has 0 heterocycles. The fourth-order valence-corrected chi connectivity index (χ4v) is 0. The summed E-state index contributed by atoms with van der Waals surface area (Å²) < 4.78 is 8.06. The van der Waals surface area contributed by atoms with Crippen molar-refractivity contribution in [1.29, 1.82) is 0 Å². The molecule has 2 nitrogen and oxygen atoms in total. The van der Waals surface area contributed by atoms with Gasteiger partial charge in [0.15, 0.2) is 0 Å². The van der Waals surface area contributed by atoms with Crippen LogP contribution >= 0.6 is 9.12 Å². The Balaban J connectivity index is 0. The number of hydrogen-bond donors (Lipinski definition) is 1. The lowest BCUT2D eigenvalue weighted by Gasteiger charge is -1.21. The third kappa shape index (κ3) is 643. The van der Waals surface area contributed by atoms with Gasteiger partial charge < -0.3 is 5.11 Å². The van der Waals surface area contributed by atoms with Crippen LogP contribution in [0, 0.1) is 0 Å². The number of rotatable bonds is 0. The van der Waals surface area contributed by atoms with Crippen LogP contribution in [0.25, 0.3) is 0 Å². The summed E-state index contributed by atoms with van der Waals surface area (Å²) in [6, 6.07) is 0. The Kier molecular flexibility index (Phi) is 8080. The molecule has 0 aliphatic rings. The highest BCUT2D eigenvalue weighted by atomic mass is 31.0. The largest absolute Gasteiger partial charge is 0.400 e. The van der Waals surface area contributed by atoms with E-state index in [0.717, 1.165) is 7.11 Å². The average Bonchev–Trinajstić information content (AvgIpc) is 1.50. The maximum atomic E-state index is 8.06. The van der Waals surface area contributed by atoms with Gasteiger partial charge in [-0.15, -0.1) is 0 Å². The normalized spacial score (nSPS) is 2.50. The van der Waals surface area contributed by atoms with Crippen LogP contribution in [0.1, 0.15) is 0 Å². The van der Waals surface area contributed by atoms with E-state index in [2.05, 4.69) is 0 Å². The molecule has 1 N–H and O–H groups in total. The fraction of sp³-hybridized carbons (Fsp3) is 1.00. The molecule has 0 aliphatic heterocycles. The molecule has 0 aromatic rings. The highest BCUT2D eigenvalue weighted by Gasteiger charge is 0.839. The van der Waals surface area contributed by atoms with Gasteiger partial charge in [0.05, 0.1) is 0 Å². The lowest BCUT2D eigenvalue weighted by atomic mass is 11.8. The number of hydrogen-bond acceptors (Lipinski definition) is 2. The SMILES string of the molecule is CO.O=P. The van der Waals surface area contributed by atoms with E-state index in [1.807, 2.05) is 0 Å². The van der Waals surface area contributed by atoms with Crippen LogP contribution in [0.3, 0.4) is 0 Å². The first-order valence-corrected chi connectivity index (χ1v) is 1.06. The van der Waals surface area contributed by atoms with Gasteiger partial charge in [-0.25, -0.2) is 0 Å². The zero-order chi connectivity index (χ0) is 4.00. The summed E-state index contributed by atoms with van der Waals surface area (Å²) >= 11 is 0. The van der Waals surface area contributed by atoms with E-state index >= 15 is 0 Å². The summed E-state index contributed by atoms with van der Waals surface area (Å²) in [6.07, 6.45) is 0. The molecule has 0 saturated carbocycles. The van der Waals surface area contributed by atoms with Crippen molar-refractivity contribution in [3.63, 3.8) is 0 Å². The summed E-state index contributed by atoms with van der Waals surface area (Å²) in [5, 5.41) is 7.00. The molecule has 0 aliphatic carbocycles. The highest BCUT2D eigenvalue weighted by molar-refractivity contribution is 7.00. The van der Waals surface area contributed by atoms with Crippen LogP contribution in [-0.4, -0.2) is 12.2 Å². The second kappa shape index (κ2) is 3610. The summed E-state index contributed by atoms with van der Waals surface area (Å²) in [5.74, 6) is 0. The molecule has 26 valence electrons. The molecule has 0 saturated heterocycles. The molecule has 0 atom stereocenters. The summed E-state index contributed by atoms with van der Waals surface area (Å²) in [6.45, 7) is 0. The minimum atomic E-state index is 1.00. The first-order chi connectivity index (χ1) is 2.00. The topological polar surface area (TPSA) is 37.3 Å². The van der Waals surface area contributed by atoms with Crippen LogP contribution in [0.5, 0.6) is 0 Å². The van der Waals surface area contributed by atoms with E-state index in [-0.39, 0.29) is 0 Å². The Hall–Kier alpha value is 0.0600. The van der Waals surface area contributed by atoms with Gasteiger partial charge in [0.25, 0.3) is 0 Å². The van der Waals surface area contributed by atoms with Gasteiger partial charge in [0.1, 0.15) is 9.12 Å². The second-order valence-corrected chi connectivity index (χ2v) is 0. The minimum absolute atomic E-state index is 1.00. The smallest absolute Gasteiger partial charge is 0.138 e. The molecule has 0 rings (SSSR count). The van der Waals surface area contributed by atoms with Crippen molar-refractivity contribution >= 4 is 9.12 Å². The van der Waals surface area contributed by atoms with E-state index in [1.165, 1.54) is 0 Å². The summed E-state index contributed by atoms with van der Waals surface area (Å²) in [7, 11) is 2.72. The van der Waals surface area contributed by atoms with E-state index in [9.17, 15) is 0 Å². The Labute approximate surface area is 27.1 Å². The highest BCUT2D eigenvalue weighted by Crippen LogP contribution is 1.23. The minimum Gasteiger partial charge on any atom is -0.400 e. The monoisotopic (exact) mass is 80.0 g/mol. The van der Waals surface area contributed by atoms with Crippen molar-refractivity contribution in [3.05, 3.63) is 0 Å². The molecule has 0 radical (unpaired) electrons. The zero-order valence-electron chi connectivity index (χ0n) is 2.36. The molecule has 0 amide bonds. The van der Waals surface area contributed by atoms with Crippen molar-refractivity contribution in [2.45, 2.75) is 0 Å². The first-order valence-electron chi connectivity index (χ1n) is 0.651. The molecule has 3 heteroatoms. The molecule has 0 aromatic heterocycles. The van der Waals surface area contributed by atoms with Gasteiger partial charge in [-0.05, 0) is 0 Å². The predicted octanol–water partition coefficient (Wildman–Crippen LogP) is 0.0832. The molecule has 0 spiro atoms. The van der Waals surface area contributed by atoms with Gasteiger partial charge in [-0.1, -0.05) is 0 Å². The quantitative estimate of drug-likeness (QED) is 0.418. The molecule has 4 heavy (non-hydrogen) atoms. The van der Waals surface area contributed by atoms with E-state index in [4.69, 9.17) is 9.67 Å². The molecule has 0 bridgehead atoms. The Morgan fingerprint density at radius 3 is 1.50 bits per heavy atom. The third-order valence-electron chi connectivity index (χ3n) is 0. The molecular formula is CH5O2P. The van der Waals surface area contributed by atoms with Gasteiger partial charge in [-0.3, -0.25) is 4.57 Å². The van der Waals surface area contributed by atoms with Gasteiger partial charge in [0, 0.05) is 7.11 Å². The first kappa shape index (κ1) is 8.96. The lowest BCUT2D eigenvalue weighted by Crippen LogP contribution is -1.25. The Morgan fingerprint density at radius 2 is 1.50 bits per heavy atom. The fourth-order valence-electron chi connectivity index (χ4n) is 0. The van der Waals surface area contributed by atoms with Gasteiger partial charge >= 0.3 is 0 Å². The Morgan fingerprint density at radius 1 is 1.50 bits per heavy atom. The maximum absolute atomic E-state index is 8.06. The van der Waals surface area contributed by atoms with Crippen LogP contribution in [0.4, 0.5) is 0 Å². The molecular weight excluding hydrogens is 75.0 g/mol. The number of aliphatic hydroxyl groups is 1. The van der Waals surface area contributed by atoms with Crippen molar-refractivity contribution in [3.8, 4) is 0 Å². The van der Waals surface area contributed by atoms with Crippen LogP contribution in [-0.2, 0) is 4.57 Å². The van der Waals surface area contributed by atoms with Crippen molar-refractivity contribution < 1.29 is 9.67 Å². The zero-order valence-corrected chi connectivity index (χ0v) is 3.36. The average molecular weight is 80.0 g/mol. The van der Waals surface area contributed by atoms with E-state index in [1.54, 1.807) is 9.12 Å². The van der Waals surface area contributed by atoms with Crippen LogP contribution < -0.4 is 0 Å². The molecule has 0 unspecified atom stereocenters. The lowest BCUT2D eigenvalue weighted by molar-refractivity contribution is 0.399. The summed E-state index contributed by atoms with van der Waals surface area (Å²) in [5.41, 5.74) is 0. The third-order valence-corrected chi connectivity index (χ3v) is 0. The van der Waals surface area contributed by atoms with Crippen LogP contribution in [0.15, 0.2) is 0 Å². The van der Waals surface area contributed by atoms with Gasteiger partial charge in [-0.2, -0.15) is 0 Å². The standard InChI is InChI=1S/CH4O.HOP/c2*1-2/h2H,1H3;2H. The second-order valence-electron chi connectivity index (χ2n) is 0. The maximum Gasteiger partial charge on any atom is 0.138 e. The van der Waals surface area contributed by atoms with Crippen molar-refractivity contribution in [1.82, 2.24) is 0 Å². The van der Waals surface area contributed by atoms with Gasteiger partial charge in [0.2, 0.25) is 0 Å².